The Morgan fingerprint density at radius 3 is 2.61 bits per heavy atom. The predicted molar refractivity (Wildman–Crippen MR) is 147 cm³/mol. The second-order valence-electron chi connectivity index (χ2n) is 9.27. The fourth-order valence-electron chi connectivity index (χ4n) is 4.63. The molecular weight excluding hydrogens is 541 g/mol. The molecule has 195 valence electrons. The van der Waals surface area contributed by atoms with Gasteiger partial charge in [-0.15, -0.1) is 0 Å². The molecule has 0 bridgehead atoms. The van der Waals surface area contributed by atoms with E-state index in [9.17, 15) is 9.90 Å². The summed E-state index contributed by atoms with van der Waals surface area (Å²) >= 11 is 7.33. The average Bonchev–Trinajstić information content (AvgIpc) is 3.52. The summed E-state index contributed by atoms with van der Waals surface area (Å²) in [6.45, 7) is 1.43. The normalized spacial score (nSPS) is 13.2. The third-order valence-corrected chi connectivity index (χ3v) is 8.06. The molecule has 0 amide bonds. The number of unbranched alkanes of at least 4 members (excludes halogenated alkanes) is 3. The minimum atomic E-state index is -1.34. The second kappa shape index (κ2) is 12.5. The first kappa shape index (κ1) is 29.1. The molecule has 1 saturated carbocycles. The molecule has 0 saturated heterocycles. The molecule has 0 spiro atoms. The summed E-state index contributed by atoms with van der Waals surface area (Å²) in [5.41, 5.74) is 7.06. The minimum absolute atomic E-state index is 0. The summed E-state index contributed by atoms with van der Waals surface area (Å²) in [6.07, 6.45) is 9.55. The molecule has 0 atom stereocenters. The third kappa shape index (κ3) is 5.83. The van der Waals surface area contributed by atoms with Crippen molar-refractivity contribution in [1.29, 1.82) is 0 Å². The van der Waals surface area contributed by atoms with Gasteiger partial charge in [0.05, 0.1) is 28.0 Å². The Labute approximate surface area is 250 Å². The molecule has 1 fully saturated rings. The van der Waals surface area contributed by atoms with Crippen LogP contribution in [0.2, 0.25) is 5.02 Å². The molecule has 2 heterocycles. The molecule has 4 aromatic rings. The van der Waals surface area contributed by atoms with Crippen molar-refractivity contribution in [3.05, 3.63) is 70.6 Å². The Morgan fingerprint density at radius 1 is 1.13 bits per heavy atom. The van der Waals surface area contributed by atoms with Crippen LogP contribution in [0.5, 0.6) is 0 Å². The van der Waals surface area contributed by atoms with Gasteiger partial charge < -0.3 is 15.4 Å². The SMILES string of the molecule is NCCCCCCn1cc(-n2c(C3CC3)c(Sc3cccc(C(=O)O)c3F)c3ccc(Cl)c(F)c32)cn1.[Na]. The van der Waals surface area contributed by atoms with E-state index in [1.165, 1.54) is 18.2 Å². The number of fused-ring (bicyclic) bond motifs is 1. The van der Waals surface area contributed by atoms with E-state index in [2.05, 4.69) is 5.10 Å². The number of carboxylic acids is 1. The van der Waals surface area contributed by atoms with Crippen LogP contribution in [0.1, 0.15) is 60.5 Å². The van der Waals surface area contributed by atoms with Crippen molar-refractivity contribution in [3.8, 4) is 5.69 Å². The monoisotopic (exact) mass is 567 g/mol. The number of carbonyl (C=O) groups is 1. The summed E-state index contributed by atoms with van der Waals surface area (Å²) in [5.74, 6) is -2.53. The molecule has 1 aliphatic rings. The van der Waals surface area contributed by atoms with Gasteiger partial charge in [0, 0.05) is 69.1 Å². The first-order chi connectivity index (χ1) is 17.9. The van der Waals surface area contributed by atoms with E-state index in [1.54, 1.807) is 18.3 Å². The third-order valence-electron chi connectivity index (χ3n) is 6.60. The molecule has 1 radical (unpaired) electrons. The van der Waals surface area contributed by atoms with E-state index in [0.717, 1.165) is 62.5 Å². The van der Waals surface area contributed by atoms with Crippen LogP contribution in [0.3, 0.4) is 0 Å². The molecule has 6 nitrogen and oxygen atoms in total. The molecule has 0 aliphatic heterocycles. The zero-order valence-corrected chi connectivity index (χ0v) is 24.7. The number of rotatable bonds is 11. The molecule has 38 heavy (non-hydrogen) atoms. The van der Waals surface area contributed by atoms with Gasteiger partial charge in [-0.05, 0) is 56.5 Å². The number of benzene rings is 2. The zero-order valence-electron chi connectivity index (χ0n) is 21.1. The van der Waals surface area contributed by atoms with Crippen molar-refractivity contribution in [1.82, 2.24) is 14.3 Å². The van der Waals surface area contributed by atoms with E-state index >= 15 is 8.78 Å². The first-order valence-corrected chi connectivity index (χ1v) is 13.5. The van der Waals surface area contributed by atoms with Crippen molar-refractivity contribution in [2.45, 2.75) is 60.8 Å². The summed E-state index contributed by atoms with van der Waals surface area (Å²) in [7, 11) is 0. The van der Waals surface area contributed by atoms with Crippen LogP contribution in [-0.2, 0) is 6.54 Å². The maximum atomic E-state index is 15.6. The van der Waals surface area contributed by atoms with E-state index in [-0.39, 0.29) is 45.4 Å². The second-order valence-corrected chi connectivity index (χ2v) is 10.7. The van der Waals surface area contributed by atoms with E-state index in [1.807, 2.05) is 15.4 Å². The Hall–Kier alpha value is -1.88. The molecular formula is C27H27ClF2N4NaO2S. The van der Waals surface area contributed by atoms with Gasteiger partial charge in [0.1, 0.15) is 0 Å². The van der Waals surface area contributed by atoms with Gasteiger partial charge in [-0.3, -0.25) is 4.68 Å². The number of aromatic carboxylic acids is 1. The van der Waals surface area contributed by atoms with Crippen LogP contribution in [0.4, 0.5) is 8.78 Å². The number of hydrogen-bond donors (Lipinski definition) is 2. The van der Waals surface area contributed by atoms with Crippen LogP contribution in [0.25, 0.3) is 16.6 Å². The van der Waals surface area contributed by atoms with E-state index in [0.29, 0.717) is 28.0 Å². The van der Waals surface area contributed by atoms with Crippen LogP contribution in [-0.4, -0.2) is 61.5 Å². The first-order valence-electron chi connectivity index (χ1n) is 12.4. The fraction of sp³-hybridized carbons (Fsp3) is 0.333. The van der Waals surface area contributed by atoms with Gasteiger partial charge >= 0.3 is 5.97 Å². The van der Waals surface area contributed by atoms with Crippen LogP contribution >= 0.6 is 23.4 Å². The number of hydrogen-bond acceptors (Lipinski definition) is 4. The maximum Gasteiger partial charge on any atom is 0.338 e. The molecule has 11 heteroatoms. The standard InChI is InChI=1S/C27H27ClF2N4O2S.Na/c28-20-11-10-19-25(23(20)30)34(17-14-32-33(15-17)13-4-2-1-3-12-31)24(16-8-9-16)26(19)37-21-7-5-6-18(22(21)29)27(35)36;/h5-7,10-11,14-16H,1-4,8-9,12-13,31H2,(H,35,36);. The molecule has 1 aliphatic carbocycles. The Balaban J connectivity index is 0.00000336. The molecule has 3 N–H and O–H groups in total. The summed E-state index contributed by atoms with van der Waals surface area (Å²) < 4.78 is 34.4. The summed E-state index contributed by atoms with van der Waals surface area (Å²) in [6, 6.07) is 7.53. The number of nitrogens with two attached hydrogens (primary N) is 1. The number of aromatic nitrogens is 3. The topological polar surface area (TPSA) is 86.1 Å². The quantitative estimate of drug-likeness (QED) is 0.157. The van der Waals surface area contributed by atoms with Crippen LogP contribution in [0, 0.1) is 11.6 Å². The smallest absolute Gasteiger partial charge is 0.338 e. The number of halogens is 3. The van der Waals surface area contributed by atoms with Gasteiger partial charge in [-0.2, -0.15) is 5.10 Å². The van der Waals surface area contributed by atoms with Crippen LogP contribution in [0.15, 0.2) is 52.5 Å². The molecule has 2 aromatic heterocycles. The van der Waals surface area contributed by atoms with Crippen molar-refractivity contribution < 1.29 is 18.7 Å². The van der Waals surface area contributed by atoms with Gasteiger partial charge in [0.25, 0.3) is 0 Å². The largest absolute Gasteiger partial charge is 0.478 e. The predicted octanol–water partition coefficient (Wildman–Crippen LogP) is 6.62. The Bertz CT molecular complexity index is 1470. The average molecular weight is 568 g/mol. The molecule has 2 aromatic carbocycles. The maximum absolute atomic E-state index is 15.6. The number of carboxylic acid groups (broad SMARTS) is 1. The van der Waals surface area contributed by atoms with Gasteiger partial charge in [-0.1, -0.05) is 42.3 Å². The Kier molecular flexibility index (Phi) is 9.60. The van der Waals surface area contributed by atoms with Crippen molar-refractivity contribution in [2.75, 3.05) is 6.54 Å². The van der Waals surface area contributed by atoms with Crippen molar-refractivity contribution >= 4 is 69.8 Å². The minimum Gasteiger partial charge on any atom is -0.478 e. The molecule has 0 unspecified atom stereocenters. The van der Waals surface area contributed by atoms with Gasteiger partial charge in [0.2, 0.25) is 0 Å². The zero-order chi connectivity index (χ0) is 26.1. The number of nitrogens with zero attached hydrogens (tertiary/aromatic N) is 3. The van der Waals surface area contributed by atoms with Crippen molar-refractivity contribution in [3.63, 3.8) is 0 Å². The fourth-order valence-corrected chi connectivity index (χ4v) is 5.98. The number of aryl methyl sites for hydroxylation is 1. The van der Waals surface area contributed by atoms with Gasteiger partial charge in [-0.25, -0.2) is 13.6 Å². The Morgan fingerprint density at radius 2 is 1.89 bits per heavy atom. The van der Waals surface area contributed by atoms with Crippen LogP contribution < -0.4 is 5.73 Å². The van der Waals surface area contributed by atoms with E-state index in [4.69, 9.17) is 17.3 Å². The van der Waals surface area contributed by atoms with E-state index < -0.39 is 23.2 Å². The summed E-state index contributed by atoms with van der Waals surface area (Å²) in [4.78, 5) is 12.4. The summed E-state index contributed by atoms with van der Waals surface area (Å²) in [5, 5.41) is 14.5. The van der Waals surface area contributed by atoms with Gasteiger partial charge in [0.15, 0.2) is 11.6 Å². The van der Waals surface area contributed by atoms with Crippen molar-refractivity contribution in [2.24, 2.45) is 5.73 Å². The molecule has 5 rings (SSSR count).